The molecule has 0 aromatic heterocycles. The van der Waals surface area contributed by atoms with Gasteiger partial charge in [-0.25, -0.2) is 0 Å². The lowest BCUT2D eigenvalue weighted by atomic mass is 9.89. The minimum absolute atomic E-state index is 0.0557. The van der Waals surface area contributed by atoms with E-state index in [9.17, 15) is 9.59 Å². The number of ether oxygens (including phenoxy) is 1. The molecule has 2 aliphatic rings. The fraction of sp³-hybridized carbons (Fsp3) is 0.556. The summed E-state index contributed by atoms with van der Waals surface area (Å²) in [6, 6.07) is 7.33. The molecule has 2 heterocycles. The van der Waals surface area contributed by atoms with E-state index in [1.165, 1.54) is 0 Å². The summed E-state index contributed by atoms with van der Waals surface area (Å²) in [6.45, 7) is 3.92. The Balaban J connectivity index is 1.66. The number of hydrogen-bond donors (Lipinski definition) is 2. The molecule has 0 aliphatic carbocycles. The third-order valence-electron chi connectivity index (χ3n) is 5.05. The molecular formula is C18H25N3O3. The Labute approximate surface area is 142 Å². The van der Waals surface area contributed by atoms with Crippen molar-refractivity contribution in [3.63, 3.8) is 0 Å². The van der Waals surface area contributed by atoms with Gasteiger partial charge in [0.25, 0.3) is 0 Å². The maximum Gasteiger partial charge on any atom is 0.228 e. The van der Waals surface area contributed by atoms with Crippen LogP contribution in [0.5, 0.6) is 5.75 Å². The molecule has 6 heteroatoms. The van der Waals surface area contributed by atoms with Crippen LogP contribution in [0.25, 0.3) is 0 Å². The fourth-order valence-electron chi connectivity index (χ4n) is 3.53. The minimum Gasteiger partial charge on any atom is -0.497 e. The topological polar surface area (TPSA) is 70.7 Å². The van der Waals surface area contributed by atoms with E-state index in [1.807, 2.05) is 11.8 Å². The van der Waals surface area contributed by atoms with Gasteiger partial charge in [-0.3, -0.25) is 20.4 Å². The first kappa shape index (κ1) is 16.9. The predicted molar refractivity (Wildman–Crippen MR) is 90.7 cm³/mol. The Morgan fingerprint density at radius 3 is 2.62 bits per heavy atom. The number of ketones is 1. The summed E-state index contributed by atoms with van der Waals surface area (Å²) in [4.78, 5) is 27.3. The van der Waals surface area contributed by atoms with Gasteiger partial charge < -0.3 is 9.64 Å². The average Bonchev–Trinajstić information content (AvgIpc) is 3.06. The third kappa shape index (κ3) is 3.44. The van der Waals surface area contributed by atoms with Crippen molar-refractivity contribution in [1.82, 2.24) is 15.8 Å². The summed E-state index contributed by atoms with van der Waals surface area (Å²) in [5.74, 6) is 0.828. The van der Waals surface area contributed by atoms with Gasteiger partial charge in [0.1, 0.15) is 5.75 Å². The third-order valence-corrected chi connectivity index (χ3v) is 5.05. The lowest BCUT2D eigenvalue weighted by Crippen LogP contribution is -2.47. The van der Waals surface area contributed by atoms with Gasteiger partial charge in [0, 0.05) is 37.2 Å². The van der Waals surface area contributed by atoms with Crippen LogP contribution >= 0.6 is 0 Å². The Kier molecular flexibility index (Phi) is 5.16. The molecule has 0 spiro atoms. The largest absolute Gasteiger partial charge is 0.497 e. The number of carbonyl (C=O) groups excluding carboxylic acids is 2. The number of hydrazine groups is 1. The number of amides is 1. The van der Waals surface area contributed by atoms with Crippen LogP contribution in [0, 0.1) is 11.8 Å². The first-order chi connectivity index (χ1) is 11.6. The first-order valence-corrected chi connectivity index (χ1v) is 8.55. The highest BCUT2D eigenvalue weighted by molar-refractivity contribution is 5.98. The fourth-order valence-corrected chi connectivity index (χ4v) is 3.53. The van der Waals surface area contributed by atoms with Crippen LogP contribution in [0.1, 0.15) is 30.1 Å². The summed E-state index contributed by atoms with van der Waals surface area (Å²) in [5.41, 5.74) is 6.81. The van der Waals surface area contributed by atoms with Gasteiger partial charge in [0.05, 0.1) is 13.0 Å². The molecule has 2 fully saturated rings. The zero-order valence-electron chi connectivity index (χ0n) is 14.2. The molecule has 24 heavy (non-hydrogen) atoms. The van der Waals surface area contributed by atoms with E-state index in [4.69, 9.17) is 4.74 Å². The molecule has 0 saturated carbocycles. The minimum atomic E-state index is -0.117. The molecule has 2 N–H and O–H groups in total. The van der Waals surface area contributed by atoms with Crippen molar-refractivity contribution in [3.05, 3.63) is 29.8 Å². The number of carbonyl (C=O) groups is 2. The van der Waals surface area contributed by atoms with Crippen LogP contribution in [-0.4, -0.2) is 49.4 Å². The maximum atomic E-state index is 12.7. The van der Waals surface area contributed by atoms with Crippen LogP contribution in [0.2, 0.25) is 0 Å². The molecule has 3 rings (SSSR count). The second-order valence-electron chi connectivity index (χ2n) is 6.64. The summed E-state index contributed by atoms with van der Waals surface area (Å²) in [5, 5.41) is 0. The van der Waals surface area contributed by atoms with E-state index in [-0.39, 0.29) is 29.6 Å². The SMILES string of the molecule is COc1ccc(C(=O)[C@H]2CCCN(C(=O)C3CNNC3C)C2)cc1. The molecule has 2 saturated heterocycles. The molecule has 1 aromatic carbocycles. The molecule has 1 amide bonds. The van der Waals surface area contributed by atoms with Crippen molar-refractivity contribution >= 4 is 11.7 Å². The molecule has 0 bridgehead atoms. The predicted octanol–water partition coefficient (Wildman–Crippen LogP) is 1.23. The van der Waals surface area contributed by atoms with Gasteiger partial charge in [0.15, 0.2) is 5.78 Å². The number of nitrogens with zero attached hydrogens (tertiary/aromatic N) is 1. The van der Waals surface area contributed by atoms with Gasteiger partial charge in [0.2, 0.25) is 5.91 Å². The Hall–Kier alpha value is -1.92. The summed E-state index contributed by atoms with van der Waals surface area (Å²) >= 11 is 0. The van der Waals surface area contributed by atoms with Crippen LogP contribution < -0.4 is 15.6 Å². The van der Waals surface area contributed by atoms with Crippen LogP contribution in [0.15, 0.2) is 24.3 Å². The van der Waals surface area contributed by atoms with Gasteiger partial charge in [-0.1, -0.05) is 0 Å². The molecule has 0 radical (unpaired) electrons. The van der Waals surface area contributed by atoms with Crippen molar-refractivity contribution in [2.75, 3.05) is 26.7 Å². The Morgan fingerprint density at radius 2 is 2.00 bits per heavy atom. The lowest BCUT2D eigenvalue weighted by molar-refractivity contribution is -0.136. The summed E-state index contributed by atoms with van der Waals surface area (Å²) in [7, 11) is 1.61. The van der Waals surface area contributed by atoms with Gasteiger partial charge >= 0.3 is 0 Å². The Bertz CT molecular complexity index is 602. The molecular weight excluding hydrogens is 306 g/mol. The van der Waals surface area contributed by atoms with Crippen LogP contribution in [0.4, 0.5) is 0 Å². The monoisotopic (exact) mass is 331 g/mol. The molecule has 6 nitrogen and oxygen atoms in total. The van der Waals surface area contributed by atoms with E-state index in [1.54, 1.807) is 31.4 Å². The average molecular weight is 331 g/mol. The van der Waals surface area contributed by atoms with E-state index in [0.29, 0.717) is 18.7 Å². The van der Waals surface area contributed by atoms with Gasteiger partial charge in [-0.05, 0) is 44.0 Å². The maximum absolute atomic E-state index is 12.7. The quantitative estimate of drug-likeness (QED) is 0.812. The van der Waals surface area contributed by atoms with E-state index >= 15 is 0 Å². The smallest absolute Gasteiger partial charge is 0.228 e. The zero-order valence-corrected chi connectivity index (χ0v) is 14.2. The van der Waals surface area contributed by atoms with E-state index in [0.717, 1.165) is 25.1 Å². The number of nitrogens with one attached hydrogen (secondary N) is 2. The van der Waals surface area contributed by atoms with Gasteiger partial charge in [-0.15, -0.1) is 0 Å². The number of hydrogen-bond acceptors (Lipinski definition) is 5. The van der Waals surface area contributed by atoms with Crippen LogP contribution in [-0.2, 0) is 4.79 Å². The van der Waals surface area contributed by atoms with E-state index in [2.05, 4.69) is 10.9 Å². The highest BCUT2D eigenvalue weighted by atomic mass is 16.5. The standard InChI is InChI=1S/C18H25N3O3/c1-12-16(10-19-20-12)18(23)21-9-3-4-14(11-21)17(22)13-5-7-15(24-2)8-6-13/h5-8,12,14,16,19-20H,3-4,9-11H2,1-2H3/t12?,14-,16?/m0/s1. The molecule has 1 aromatic rings. The van der Waals surface area contributed by atoms with Gasteiger partial charge in [-0.2, -0.15) is 0 Å². The number of likely N-dealkylation sites (tertiary alicyclic amines) is 1. The Morgan fingerprint density at radius 1 is 1.25 bits per heavy atom. The van der Waals surface area contributed by atoms with Crippen molar-refractivity contribution < 1.29 is 14.3 Å². The molecule has 3 atom stereocenters. The molecule has 130 valence electrons. The van der Waals surface area contributed by atoms with Crippen LogP contribution in [0.3, 0.4) is 0 Å². The second-order valence-corrected chi connectivity index (χ2v) is 6.64. The number of rotatable bonds is 4. The summed E-state index contributed by atoms with van der Waals surface area (Å²) < 4.78 is 5.13. The number of piperidine rings is 1. The van der Waals surface area contributed by atoms with Crippen molar-refractivity contribution in [3.8, 4) is 5.75 Å². The number of Topliss-reactive ketones (excluding diaryl/α,β-unsaturated/α-hetero) is 1. The highest BCUT2D eigenvalue weighted by Gasteiger charge is 2.36. The highest BCUT2D eigenvalue weighted by Crippen LogP contribution is 2.24. The first-order valence-electron chi connectivity index (χ1n) is 8.55. The zero-order chi connectivity index (χ0) is 17.1. The van der Waals surface area contributed by atoms with Crippen molar-refractivity contribution in [2.45, 2.75) is 25.8 Å². The summed E-state index contributed by atoms with van der Waals surface area (Å²) in [6.07, 6.45) is 1.71. The van der Waals surface area contributed by atoms with Crippen molar-refractivity contribution in [2.24, 2.45) is 11.8 Å². The second kappa shape index (κ2) is 7.32. The molecule has 2 unspecified atom stereocenters. The van der Waals surface area contributed by atoms with E-state index < -0.39 is 0 Å². The normalized spacial score (nSPS) is 27.1. The van der Waals surface area contributed by atoms with Crippen molar-refractivity contribution in [1.29, 1.82) is 0 Å². The molecule has 2 aliphatic heterocycles. The number of methoxy groups -OCH3 is 1. The lowest BCUT2D eigenvalue weighted by Gasteiger charge is -2.34. The number of benzene rings is 1.